The molecular formula is C18H14F3N3O2S. The highest BCUT2D eigenvalue weighted by atomic mass is 32.1. The molecule has 3 aromatic rings. The van der Waals surface area contributed by atoms with Gasteiger partial charge in [-0.2, -0.15) is 18.2 Å². The number of carbonyl (C=O) groups is 1. The molecular weight excluding hydrogens is 379 g/mol. The number of thiophene rings is 1. The first kappa shape index (κ1) is 17.7. The van der Waals surface area contributed by atoms with Gasteiger partial charge in [0.25, 0.3) is 5.91 Å². The Morgan fingerprint density at radius 3 is 2.70 bits per heavy atom. The van der Waals surface area contributed by atoms with Gasteiger partial charge in [0.05, 0.1) is 10.9 Å². The minimum Gasteiger partial charge on any atom is -0.331 e. The van der Waals surface area contributed by atoms with Crippen molar-refractivity contribution in [2.24, 2.45) is 0 Å². The Morgan fingerprint density at radius 1 is 1.30 bits per heavy atom. The van der Waals surface area contributed by atoms with E-state index in [2.05, 4.69) is 14.7 Å². The second-order valence-corrected chi connectivity index (χ2v) is 7.30. The molecule has 5 nitrogen and oxygen atoms in total. The van der Waals surface area contributed by atoms with E-state index in [0.29, 0.717) is 23.4 Å². The van der Waals surface area contributed by atoms with E-state index < -0.39 is 12.1 Å². The van der Waals surface area contributed by atoms with Crippen LogP contribution >= 0.6 is 11.3 Å². The average Bonchev–Trinajstić information content (AvgIpc) is 3.29. The van der Waals surface area contributed by atoms with Gasteiger partial charge >= 0.3 is 12.1 Å². The van der Waals surface area contributed by atoms with Crippen LogP contribution in [0.15, 0.2) is 40.9 Å². The summed E-state index contributed by atoms with van der Waals surface area (Å²) in [6.45, 7) is 2.45. The summed E-state index contributed by atoms with van der Waals surface area (Å²) >= 11 is 1.29. The Hall–Kier alpha value is -2.68. The van der Waals surface area contributed by atoms with E-state index in [-0.39, 0.29) is 17.8 Å². The maximum Gasteiger partial charge on any atom is 0.471 e. The molecule has 0 spiro atoms. The fourth-order valence-electron chi connectivity index (χ4n) is 3.14. The van der Waals surface area contributed by atoms with Gasteiger partial charge in [0, 0.05) is 17.0 Å². The number of benzene rings is 1. The summed E-state index contributed by atoms with van der Waals surface area (Å²) in [7, 11) is 0. The Kier molecular flexibility index (Phi) is 4.26. The summed E-state index contributed by atoms with van der Waals surface area (Å²) in [4.78, 5) is 19.4. The Balaban J connectivity index is 1.62. The molecule has 1 aliphatic rings. The monoisotopic (exact) mass is 393 g/mol. The highest BCUT2D eigenvalue weighted by Gasteiger charge is 2.39. The molecule has 0 fully saturated rings. The van der Waals surface area contributed by atoms with Crippen LogP contribution in [0.25, 0.3) is 10.7 Å². The van der Waals surface area contributed by atoms with E-state index in [9.17, 15) is 18.0 Å². The van der Waals surface area contributed by atoms with Crippen molar-refractivity contribution >= 4 is 17.2 Å². The van der Waals surface area contributed by atoms with Crippen LogP contribution < -0.4 is 0 Å². The summed E-state index contributed by atoms with van der Waals surface area (Å²) < 4.78 is 42.3. The fraction of sp³-hybridized carbons (Fsp3) is 0.278. The molecule has 4 rings (SSSR count). The molecule has 0 saturated carbocycles. The molecule has 0 N–H and O–H groups in total. The maximum atomic E-state index is 12.8. The second-order valence-electron chi connectivity index (χ2n) is 6.21. The van der Waals surface area contributed by atoms with Crippen molar-refractivity contribution in [3.63, 3.8) is 0 Å². The summed E-state index contributed by atoms with van der Waals surface area (Å²) in [6.07, 6.45) is -4.05. The third-order valence-electron chi connectivity index (χ3n) is 4.48. The van der Waals surface area contributed by atoms with Crippen LogP contribution in [0.4, 0.5) is 13.2 Å². The van der Waals surface area contributed by atoms with Gasteiger partial charge < -0.3 is 9.42 Å². The third kappa shape index (κ3) is 3.23. The SMILES string of the molecule is CC1c2sc(-c3noc(C(F)(F)F)n3)cc2CCN1C(=O)c1ccccc1. The van der Waals surface area contributed by atoms with E-state index in [4.69, 9.17) is 0 Å². The fourth-order valence-corrected chi connectivity index (χ4v) is 4.34. The minimum absolute atomic E-state index is 0.0670. The van der Waals surface area contributed by atoms with Gasteiger partial charge in [0.2, 0.25) is 5.82 Å². The van der Waals surface area contributed by atoms with E-state index >= 15 is 0 Å². The molecule has 0 saturated heterocycles. The first-order chi connectivity index (χ1) is 12.8. The molecule has 1 amide bonds. The lowest BCUT2D eigenvalue weighted by molar-refractivity contribution is -0.159. The molecule has 0 bridgehead atoms. The Bertz CT molecular complexity index is 981. The van der Waals surface area contributed by atoms with Gasteiger partial charge in [-0.15, -0.1) is 11.3 Å². The predicted octanol–water partition coefficient (Wildman–Crippen LogP) is 4.58. The number of halogens is 3. The quantitative estimate of drug-likeness (QED) is 0.640. The number of fused-ring (bicyclic) bond motifs is 1. The number of nitrogens with zero attached hydrogens (tertiary/aromatic N) is 3. The molecule has 1 atom stereocenters. The van der Waals surface area contributed by atoms with Crippen molar-refractivity contribution in [3.05, 3.63) is 58.3 Å². The van der Waals surface area contributed by atoms with Crippen LogP contribution in [0.1, 0.15) is 39.7 Å². The Morgan fingerprint density at radius 2 is 2.04 bits per heavy atom. The lowest BCUT2D eigenvalue weighted by Crippen LogP contribution is -2.38. The van der Waals surface area contributed by atoms with Crippen LogP contribution in [0.2, 0.25) is 0 Å². The summed E-state index contributed by atoms with van der Waals surface area (Å²) in [5.41, 5.74) is 1.61. The molecule has 1 aromatic carbocycles. The highest BCUT2D eigenvalue weighted by Crippen LogP contribution is 2.40. The van der Waals surface area contributed by atoms with Crippen molar-refractivity contribution in [2.75, 3.05) is 6.54 Å². The molecule has 140 valence electrons. The largest absolute Gasteiger partial charge is 0.471 e. The van der Waals surface area contributed by atoms with Crippen LogP contribution in [0, 0.1) is 0 Å². The standard InChI is InChI=1S/C18H14F3N3O2S/c1-10-14-12(7-8-24(10)16(25)11-5-3-2-4-6-11)9-13(27-14)15-22-17(26-23-15)18(19,20)21/h2-6,9-10H,7-8H2,1H3. The molecule has 0 aliphatic carbocycles. The number of amides is 1. The zero-order valence-corrected chi connectivity index (χ0v) is 15.0. The lowest BCUT2D eigenvalue weighted by Gasteiger charge is -2.33. The van der Waals surface area contributed by atoms with Gasteiger partial charge in [-0.25, -0.2) is 0 Å². The number of carbonyl (C=O) groups excluding carboxylic acids is 1. The normalized spacial score (nSPS) is 17.0. The third-order valence-corrected chi connectivity index (χ3v) is 5.82. The molecule has 0 radical (unpaired) electrons. The van der Waals surface area contributed by atoms with E-state index in [1.165, 1.54) is 11.3 Å². The average molecular weight is 393 g/mol. The van der Waals surface area contributed by atoms with Crippen LogP contribution in [0.3, 0.4) is 0 Å². The smallest absolute Gasteiger partial charge is 0.331 e. The first-order valence-electron chi connectivity index (χ1n) is 8.24. The summed E-state index contributed by atoms with van der Waals surface area (Å²) in [6, 6.07) is 10.6. The van der Waals surface area contributed by atoms with Gasteiger partial charge in [0.15, 0.2) is 0 Å². The van der Waals surface area contributed by atoms with E-state index in [1.54, 1.807) is 23.1 Å². The minimum atomic E-state index is -4.67. The molecule has 9 heteroatoms. The summed E-state index contributed by atoms with van der Waals surface area (Å²) in [5.74, 6) is -1.52. The van der Waals surface area contributed by atoms with Gasteiger partial charge in [-0.05, 0) is 37.1 Å². The number of aromatic nitrogens is 2. The zero-order valence-electron chi connectivity index (χ0n) is 14.2. The number of hydrogen-bond donors (Lipinski definition) is 0. The molecule has 2 aromatic heterocycles. The molecule has 27 heavy (non-hydrogen) atoms. The zero-order chi connectivity index (χ0) is 19.2. The molecule has 1 aliphatic heterocycles. The molecule has 1 unspecified atom stereocenters. The van der Waals surface area contributed by atoms with Crippen molar-refractivity contribution in [2.45, 2.75) is 25.6 Å². The first-order valence-corrected chi connectivity index (χ1v) is 9.06. The lowest BCUT2D eigenvalue weighted by atomic mass is 10.0. The highest BCUT2D eigenvalue weighted by molar-refractivity contribution is 7.15. The number of rotatable bonds is 2. The Labute approximate surface area is 156 Å². The van der Waals surface area contributed by atoms with E-state index in [1.807, 2.05) is 25.1 Å². The van der Waals surface area contributed by atoms with Crippen LogP contribution in [-0.2, 0) is 12.6 Å². The van der Waals surface area contributed by atoms with Crippen LogP contribution in [-0.4, -0.2) is 27.5 Å². The number of alkyl halides is 3. The van der Waals surface area contributed by atoms with Crippen LogP contribution in [0.5, 0.6) is 0 Å². The number of hydrogen-bond acceptors (Lipinski definition) is 5. The second kappa shape index (κ2) is 6.49. The van der Waals surface area contributed by atoms with Crippen molar-refractivity contribution in [1.29, 1.82) is 0 Å². The van der Waals surface area contributed by atoms with Gasteiger partial charge in [0.1, 0.15) is 0 Å². The van der Waals surface area contributed by atoms with E-state index in [0.717, 1.165) is 10.4 Å². The summed E-state index contributed by atoms with van der Waals surface area (Å²) in [5, 5.41) is 3.45. The maximum absolute atomic E-state index is 12.8. The topological polar surface area (TPSA) is 59.2 Å². The van der Waals surface area contributed by atoms with Gasteiger partial charge in [-0.1, -0.05) is 23.4 Å². The van der Waals surface area contributed by atoms with Crippen molar-refractivity contribution < 1.29 is 22.5 Å². The van der Waals surface area contributed by atoms with Gasteiger partial charge in [-0.3, -0.25) is 4.79 Å². The van der Waals surface area contributed by atoms with Crippen molar-refractivity contribution in [1.82, 2.24) is 15.0 Å². The molecule has 3 heterocycles. The van der Waals surface area contributed by atoms with Crippen molar-refractivity contribution in [3.8, 4) is 10.7 Å². The predicted molar refractivity (Wildman–Crippen MR) is 92.2 cm³/mol.